The molecular formula is C14H20N2O. The lowest BCUT2D eigenvalue weighted by Gasteiger charge is -2.31. The maximum atomic E-state index is 9.64. The molecule has 1 aliphatic carbocycles. The average Bonchev–Trinajstić information content (AvgIpc) is 2.37. The number of nitrogens with zero attached hydrogens (tertiary/aromatic N) is 2. The Balaban J connectivity index is 1.92. The van der Waals surface area contributed by atoms with Crippen LogP contribution in [0.3, 0.4) is 0 Å². The minimum atomic E-state index is -0.150. The maximum absolute atomic E-state index is 9.64. The third-order valence-electron chi connectivity index (χ3n) is 3.34. The number of hydrazone groups is 1. The largest absolute Gasteiger partial charge is 0.393 e. The second-order valence-corrected chi connectivity index (χ2v) is 4.70. The molecule has 3 heteroatoms. The third kappa shape index (κ3) is 3.56. The fourth-order valence-electron chi connectivity index (χ4n) is 2.27. The minimum Gasteiger partial charge on any atom is -0.393 e. The van der Waals surface area contributed by atoms with Crippen molar-refractivity contribution < 1.29 is 5.11 Å². The molecule has 1 aromatic carbocycles. The predicted molar refractivity (Wildman–Crippen MR) is 70.1 cm³/mol. The van der Waals surface area contributed by atoms with Gasteiger partial charge in [0, 0.05) is 13.1 Å². The van der Waals surface area contributed by atoms with Crippen LogP contribution < -0.4 is 0 Å². The highest BCUT2D eigenvalue weighted by atomic mass is 16.3. The van der Waals surface area contributed by atoms with Crippen molar-refractivity contribution in [2.45, 2.75) is 37.8 Å². The van der Waals surface area contributed by atoms with Gasteiger partial charge in [-0.05, 0) is 31.2 Å². The molecule has 0 radical (unpaired) electrons. The van der Waals surface area contributed by atoms with Gasteiger partial charge >= 0.3 is 0 Å². The van der Waals surface area contributed by atoms with Gasteiger partial charge in [0.2, 0.25) is 0 Å². The molecule has 0 saturated heterocycles. The van der Waals surface area contributed by atoms with Gasteiger partial charge < -0.3 is 5.11 Å². The minimum absolute atomic E-state index is 0.150. The Labute approximate surface area is 103 Å². The molecular weight excluding hydrogens is 212 g/mol. The van der Waals surface area contributed by atoms with Crippen molar-refractivity contribution in [1.82, 2.24) is 5.01 Å². The fraction of sp³-hybridized carbons (Fsp3) is 0.500. The highest BCUT2D eigenvalue weighted by Gasteiger charge is 2.22. The number of aliphatic hydroxyl groups is 1. The van der Waals surface area contributed by atoms with E-state index in [2.05, 4.69) is 5.10 Å². The van der Waals surface area contributed by atoms with Gasteiger partial charge in [-0.25, -0.2) is 0 Å². The van der Waals surface area contributed by atoms with Crippen LogP contribution in [0, 0.1) is 0 Å². The van der Waals surface area contributed by atoms with Crippen LogP contribution in [0.15, 0.2) is 35.4 Å². The first-order chi connectivity index (χ1) is 8.25. The van der Waals surface area contributed by atoms with Crippen molar-refractivity contribution in [2.24, 2.45) is 5.10 Å². The number of aliphatic hydroxyl groups excluding tert-OH is 1. The van der Waals surface area contributed by atoms with Gasteiger partial charge in [0.15, 0.2) is 0 Å². The van der Waals surface area contributed by atoms with E-state index in [1.165, 1.54) is 0 Å². The molecule has 0 unspecified atom stereocenters. The quantitative estimate of drug-likeness (QED) is 0.641. The standard InChI is InChI=1S/C14H20N2O/c1-16(13-8-5-9-14(17)10-13)15-11-12-6-3-2-4-7-12/h2-4,6-7,11,13-14,17H,5,8-10H2,1H3/b15-11+/t13-,14+/m0/s1. The molecule has 2 rings (SSSR count). The predicted octanol–water partition coefficient (Wildman–Crippen LogP) is 2.26. The summed E-state index contributed by atoms with van der Waals surface area (Å²) < 4.78 is 0. The summed E-state index contributed by atoms with van der Waals surface area (Å²) in [4.78, 5) is 0. The highest BCUT2D eigenvalue weighted by molar-refractivity contribution is 5.79. The smallest absolute Gasteiger partial charge is 0.0560 e. The lowest BCUT2D eigenvalue weighted by atomic mass is 9.93. The Hall–Kier alpha value is -1.35. The van der Waals surface area contributed by atoms with Crippen LogP contribution in [0.1, 0.15) is 31.2 Å². The normalized spacial score (nSPS) is 25.1. The molecule has 3 nitrogen and oxygen atoms in total. The molecule has 0 bridgehead atoms. The monoisotopic (exact) mass is 232 g/mol. The van der Waals surface area contributed by atoms with Crippen LogP contribution >= 0.6 is 0 Å². The molecule has 0 heterocycles. The summed E-state index contributed by atoms with van der Waals surface area (Å²) in [6.45, 7) is 0. The Morgan fingerprint density at radius 2 is 2.06 bits per heavy atom. The van der Waals surface area contributed by atoms with E-state index < -0.39 is 0 Å². The van der Waals surface area contributed by atoms with Crippen molar-refractivity contribution >= 4 is 6.21 Å². The van der Waals surface area contributed by atoms with Gasteiger partial charge in [-0.15, -0.1) is 0 Å². The van der Waals surface area contributed by atoms with E-state index >= 15 is 0 Å². The van der Waals surface area contributed by atoms with Gasteiger partial charge in [0.1, 0.15) is 0 Å². The first-order valence-electron chi connectivity index (χ1n) is 6.25. The molecule has 0 aliphatic heterocycles. The zero-order valence-corrected chi connectivity index (χ0v) is 10.3. The summed E-state index contributed by atoms with van der Waals surface area (Å²) in [5, 5.41) is 16.1. The Morgan fingerprint density at radius 3 is 2.76 bits per heavy atom. The molecule has 1 saturated carbocycles. The van der Waals surface area contributed by atoms with Crippen molar-refractivity contribution in [1.29, 1.82) is 0 Å². The molecule has 2 atom stereocenters. The molecule has 1 N–H and O–H groups in total. The van der Waals surface area contributed by atoms with Crippen LogP contribution in [0.25, 0.3) is 0 Å². The van der Waals surface area contributed by atoms with E-state index in [0.29, 0.717) is 6.04 Å². The SMILES string of the molecule is CN(/N=C/c1ccccc1)[C@H]1CCC[C@@H](O)C1. The molecule has 0 spiro atoms. The molecule has 1 aliphatic rings. The van der Waals surface area contributed by atoms with Gasteiger partial charge in [0.05, 0.1) is 12.3 Å². The van der Waals surface area contributed by atoms with Gasteiger partial charge in [-0.1, -0.05) is 30.3 Å². The zero-order chi connectivity index (χ0) is 12.1. The fourth-order valence-corrected chi connectivity index (χ4v) is 2.27. The van der Waals surface area contributed by atoms with E-state index in [1.54, 1.807) is 0 Å². The topological polar surface area (TPSA) is 35.8 Å². The van der Waals surface area contributed by atoms with Crippen molar-refractivity contribution in [3.63, 3.8) is 0 Å². The number of benzene rings is 1. The molecule has 0 amide bonds. The van der Waals surface area contributed by atoms with E-state index in [0.717, 1.165) is 31.2 Å². The summed E-state index contributed by atoms with van der Waals surface area (Å²) in [7, 11) is 1.99. The van der Waals surface area contributed by atoms with E-state index in [-0.39, 0.29) is 6.10 Å². The summed E-state index contributed by atoms with van der Waals surface area (Å²) in [5.74, 6) is 0. The number of rotatable bonds is 3. The Kier molecular flexibility index (Phi) is 4.15. The van der Waals surface area contributed by atoms with Gasteiger partial charge in [-0.3, -0.25) is 5.01 Å². The van der Waals surface area contributed by atoms with E-state index in [4.69, 9.17) is 0 Å². The summed E-state index contributed by atoms with van der Waals surface area (Å²) >= 11 is 0. The van der Waals surface area contributed by atoms with Crippen molar-refractivity contribution in [3.8, 4) is 0 Å². The van der Waals surface area contributed by atoms with E-state index in [9.17, 15) is 5.11 Å². The summed E-state index contributed by atoms with van der Waals surface area (Å²) in [5.41, 5.74) is 1.11. The van der Waals surface area contributed by atoms with E-state index in [1.807, 2.05) is 48.6 Å². The Morgan fingerprint density at radius 1 is 1.29 bits per heavy atom. The molecule has 17 heavy (non-hydrogen) atoms. The second-order valence-electron chi connectivity index (χ2n) is 4.70. The average molecular weight is 232 g/mol. The lowest BCUT2D eigenvalue weighted by Crippen LogP contribution is -2.34. The third-order valence-corrected chi connectivity index (χ3v) is 3.34. The first kappa shape index (κ1) is 12.1. The molecule has 92 valence electrons. The maximum Gasteiger partial charge on any atom is 0.0560 e. The summed E-state index contributed by atoms with van der Waals surface area (Å²) in [6, 6.07) is 10.5. The first-order valence-corrected chi connectivity index (χ1v) is 6.25. The second kappa shape index (κ2) is 5.82. The van der Waals surface area contributed by atoms with Crippen LogP contribution in [0.2, 0.25) is 0 Å². The van der Waals surface area contributed by atoms with Crippen LogP contribution in [0.5, 0.6) is 0 Å². The van der Waals surface area contributed by atoms with Crippen LogP contribution in [-0.2, 0) is 0 Å². The highest BCUT2D eigenvalue weighted by Crippen LogP contribution is 2.22. The Bertz CT molecular complexity index is 364. The van der Waals surface area contributed by atoms with Crippen molar-refractivity contribution in [2.75, 3.05) is 7.05 Å². The summed E-state index contributed by atoms with van der Waals surface area (Å²) in [6.07, 6.45) is 5.72. The molecule has 0 aromatic heterocycles. The molecule has 1 aromatic rings. The number of hydrogen-bond acceptors (Lipinski definition) is 3. The van der Waals surface area contributed by atoms with Crippen LogP contribution in [0.4, 0.5) is 0 Å². The lowest BCUT2D eigenvalue weighted by molar-refractivity contribution is 0.0744. The number of hydrogen-bond donors (Lipinski definition) is 1. The molecule has 1 fully saturated rings. The van der Waals surface area contributed by atoms with Gasteiger partial charge in [0.25, 0.3) is 0 Å². The van der Waals surface area contributed by atoms with Gasteiger partial charge in [-0.2, -0.15) is 5.10 Å². The van der Waals surface area contributed by atoms with Crippen LogP contribution in [-0.4, -0.2) is 35.5 Å². The zero-order valence-electron chi connectivity index (χ0n) is 10.3. The van der Waals surface area contributed by atoms with Crippen molar-refractivity contribution in [3.05, 3.63) is 35.9 Å².